The van der Waals surface area contributed by atoms with Crippen molar-refractivity contribution in [3.8, 4) is 0 Å². The van der Waals surface area contributed by atoms with Gasteiger partial charge in [0.25, 0.3) is 0 Å². The molecular formula is C19H21FN2O2. The normalized spacial score (nSPS) is 10.2. The van der Waals surface area contributed by atoms with Gasteiger partial charge in [-0.15, -0.1) is 0 Å². The molecule has 0 fully saturated rings. The van der Waals surface area contributed by atoms with E-state index in [1.54, 1.807) is 23.1 Å². The summed E-state index contributed by atoms with van der Waals surface area (Å²) < 4.78 is 13.5. The van der Waals surface area contributed by atoms with Crippen molar-refractivity contribution < 1.29 is 14.0 Å². The second-order valence-electron chi connectivity index (χ2n) is 5.54. The SMILES string of the molecule is CC(=O)N(CCNC(=O)Cc1ccccc1F)Cc1ccccc1. The van der Waals surface area contributed by atoms with Gasteiger partial charge in [-0.3, -0.25) is 9.59 Å². The van der Waals surface area contributed by atoms with E-state index in [1.165, 1.54) is 13.0 Å². The summed E-state index contributed by atoms with van der Waals surface area (Å²) in [6.07, 6.45) is -0.00850. The molecule has 0 atom stereocenters. The third-order valence-electron chi connectivity index (χ3n) is 3.67. The van der Waals surface area contributed by atoms with Crippen LogP contribution in [0.2, 0.25) is 0 Å². The molecule has 0 aliphatic rings. The number of benzene rings is 2. The van der Waals surface area contributed by atoms with E-state index in [1.807, 2.05) is 30.3 Å². The number of nitrogens with one attached hydrogen (secondary N) is 1. The molecule has 0 unspecified atom stereocenters. The first-order chi connectivity index (χ1) is 11.6. The summed E-state index contributed by atoms with van der Waals surface area (Å²) in [5, 5.41) is 2.73. The first kappa shape index (κ1) is 17.7. The van der Waals surface area contributed by atoms with Crippen LogP contribution < -0.4 is 5.32 Å². The molecule has 0 radical (unpaired) electrons. The number of carbonyl (C=O) groups excluding carboxylic acids is 2. The standard InChI is InChI=1S/C19H21FN2O2/c1-15(23)22(14-16-7-3-2-4-8-16)12-11-21-19(24)13-17-9-5-6-10-18(17)20/h2-10H,11-14H2,1H3,(H,21,24). The molecular weight excluding hydrogens is 307 g/mol. The molecule has 2 amide bonds. The zero-order valence-corrected chi connectivity index (χ0v) is 13.7. The highest BCUT2D eigenvalue weighted by Crippen LogP contribution is 2.07. The summed E-state index contributed by atoms with van der Waals surface area (Å²) in [4.78, 5) is 25.3. The van der Waals surface area contributed by atoms with Gasteiger partial charge in [0.15, 0.2) is 0 Å². The maximum absolute atomic E-state index is 13.5. The average molecular weight is 328 g/mol. The molecule has 0 aromatic heterocycles. The minimum absolute atomic E-state index is 0.00850. The van der Waals surface area contributed by atoms with E-state index in [2.05, 4.69) is 5.32 Å². The molecule has 2 aromatic carbocycles. The molecule has 24 heavy (non-hydrogen) atoms. The average Bonchev–Trinajstić information content (AvgIpc) is 2.57. The molecule has 0 saturated carbocycles. The smallest absolute Gasteiger partial charge is 0.224 e. The van der Waals surface area contributed by atoms with Gasteiger partial charge in [-0.25, -0.2) is 4.39 Å². The number of rotatable bonds is 7. The van der Waals surface area contributed by atoms with Crippen LogP contribution in [0.3, 0.4) is 0 Å². The van der Waals surface area contributed by atoms with Crippen molar-refractivity contribution in [2.24, 2.45) is 0 Å². The Labute approximate surface area is 141 Å². The van der Waals surface area contributed by atoms with Gasteiger partial charge in [0.2, 0.25) is 11.8 Å². The molecule has 0 spiro atoms. The lowest BCUT2D eigenvalue weighted by Gasteiger charge is -2.21. The fourth-order valence-corrected chi connectivity index (χ4v) is 2.36. The number of hydrogen-bond donors (Lipinski definition) is 1. The number of halogens is 1. The Morgan fingerprint density at radius 1 is 1.04 bits per heavy atom. The summed E-state index contributed by atoms with van der Waals surface area (Å²) in [6, 6.07) is 15.9. The second kappa shape index (κ2) is 8.82. The largest absolute Gasteiger partial charge is 0.354 e. The minimum atomic E-state index is -0.387. The number of carbonyl (C=O) groups is 2. The summed E-state index contributed by atoms with van der Waals surface area (Å²) in [5.74, 6) is -0.701. The molecule has 126 valence electrons. The summed E-state index contributed by atoms with van der Waals surface area (Å²) in [7, 11) is 0. The molecule has 0 bridgehead atoms. The molecule has 0 aliphatic carbocycles. The van der Waals surface area contributed by atoms with Crippen LogP contribution in [0.15, 0.2) is 54.6 Å². The van der Waals surface area contributed by atoms with Crippen molar-refractivity contribution in [3.05, 3.63) is 71.5 Å². The van der Waals surface area contributed by atoms with E-state index < -0.39 is 0 Å². The molecule has 2 rings (SSSR count). The van der Waals surface area contributed by atoms with Crippen LogP contribution in [-0.4, -0.2) is 29.8 Å². The zero-order chi connectivity index (χ0) is 17.4. The van der Waals surface area contributed by atoms with E-state index in [9.17, 15) is 14.0 Å². The Kier molecular flexibility index (Phi) is 6.49. The monoisotopic (exact) mass is 328 g/mol. The Bertz CT molecular complexity index is 689. The van der Waals surface area contributed by atoms with Crippen molar-refractivity contribution in [2.75, 3.05) is 13.1 Å². The Morgan fingerprint density at radius 2 is 1.71 bits per heavy atom. The fraction of sp³-hybridized carbons (Fsp3) is 0.263. The molecule has 2 aromatic rings. The van der Waals surface area contributed by atoms with E-state index in [0.717, 1.165) is 5.56 Å². The number of amides is 2. The highest BCUT2D eigenvalue weighted by Gasteiger charge is 2.11. The highest BCUT2D eigenvalue weighted by atomic mass is 19.1. The molecule has 0 heterocycles. The van der Waals surface area contributed by atoms with Gasteiger partial charge in [0.05, 0.1) is 6.42 Å². The van der Waals surface area contributed by atoms with Crippen LogP contribution in [0.4, 0.5) is 4.39 Å². The first-order valence-corrected chi connectivity index (χ1v) is 7.86. The van der Waals surface area contributed by atoms with Gasteiger partial charge in [0, 0.05) is 26.6 Å². The van der Waals surface area contributed by atoms with Crippen LogP contribution in [-0.2, 0) is 22.6 Å². The van der Waals surface area contributed by atoms with Gasteiger partial charge < -0.3 is 10.2 Å². The molecule has 0 aliphatic heterocycles. The Morgan fingerprint density at radius 3 is 2.38 bits per heavy atom. The van der Waals surface area contributed by atoms with Gasteiger partial charge in [0.1, 0.15) is 5.82 Å². The maximum atomic E-state index is 13.5. The number of nitrogens with zero attached hydrogens (tertiary/aromatic N) is 1. The van der Waals surface area contributed by atoms with Crippen molar-refractivity contribution in [3.63, 3.8) is 0 Å². The van der Waals surface area contributed by atoms with Crippen LogP contribution in [0.25, 0.3) is 0 Å². The second-order valence-corrected chi connectivity index (χ2v) is 5.54. The summed E-state index contributed by atoms with van der Waals surface area (Å²) >= 11 is 0. The summed E-state index contributed by atoms with van der Waals surface area (Å²) in [6.45, 7) is 2.75. The molecule has 4 nitrogen and oxygen atoms in total. The first-order valence-electron chi connectivity index (χ1n) is 7.86. The van der Waals surface area contributed by atoms with Crippen molar-refractivity contribution in [1.29, 1.82) is 0 Å². The number of hydrogen-bond acceptors (Lipinski definition) is 2. The van der Waals surface area contributed by atoms with Gasteiger partial charge in [-0.05, 0) is 17.2 Å². The van der Waals surface area contributed by atoms with E-state index >= 15 is 0 Å². The predicted molar refractivity (Wildman–Crippen MR) is 90.6 cm³/mol. The van der Waals surface area contributed by atoms with Crippen LogP contribution >= 0.6 is 0 Å². The fourth-order valence-electron chi connectivity index (χ4n) is 2.36. The van der Waals surface area contributed by atoms with Gasteiger partial charge in [-0.2, -0.15) is 0 Å². The molecule has 1 N–H and O–H groups in total. The topological polar surface area (TPSA) is 49.4 Å². The molecule has 5 heteroatoms. The van der Waals surface area contributed by atoms with E-state index in [4.69, 9.17) is 0 Å². The highest BCUT2D eigenvalue weighted by molar-refractivity contribution is 5.78. The lowest BCUT2D eigenvalue weighted by atomic mass is 10.1. The Balaban J connectivity index is 1.81. The zero-order valence-electron chi connectivity index (χ0n) is 13.7. The quantitative estimate of drug-likeness (QED) is 0.849. The van der Waals surface area contributed by atoms with Crippen LogP contribution in [0.1, 0.15) is 18.1 Å². The van der Waals surface area contributed by atoms with E-state index in [0.29, 0.717) is 25.2 Å². The third-order valence-corrected chi connectivity index (χ3v) is 3.67. The molecule has 0 saturated heterocycles. The van der Waals surface area contributed by atoms with E-state index in [-0.39, 0.29) is 24.1 Å². The van der Waals surface area contributed by atoms with Crippen LogP contribution in [0.5, 0.6) is 0 Å². The third kappa shape index (κ3) is 5.50. The minimum Gasteiger partial charge on any atom is -0.354 e. The van der Waals surface area contributed by atoms with Crippen molar-refractivity contribution in [2.45, 2.75) is 19.9 Å². The predicted octanol–water partition coefficient (Wildman–Crippen LogP) is 2.53. The summed E-state index contributed by atoms with van der Waals surface area (Å²) in [5.41, 5.74) is 1.40. The van der Waals surface area contributed by atoms with Crippen molar-refractivity contribution in [1.82, 2.24) is 10.2 Å². The lowest BCUT2D eigenvalue weighted by molar-refractivity contribution is -0.130. The van der Waals surface area contributed by atoms with Gasteiger partial charge >= 0.3 is 0 Å². The van der Waals surface area contributed by atoms with Crippen molar-refractivity contribution >= 4 is 11.8 Å². The lowest BCUT2D eigenvalue weighted by Crippen LogP contribution is -2.37. The van der Waals surface area contributed by atoms with Gasteiger partial charge in [-0.1, -0.05) is 48.5 Å². The maximum Gasteiger partial charge on any atom is 0.224 e. The van der Waals surface area contributed by atoms with Crippen LogP contribution in [0, 0.1) is 5.82 Å². The Hall–Kier alpha value is -2.69.